The summed E-state index contributed by atoms with van der Waals surface area (Å²) in [6.45, 7) is 5.66. The van der Waals surface area contributed by atoms with Crippen molar-refractivity contribution in [2.45, 2.75) is 27.3 Å². The quantitative estimate of drug-likeness (QED) is 0.433. The molecule has 0 saturated heterocycles. The molecule has 3 aromatic rings. The number of aryl methyl sites for hydroxylation is 2. The van der Waals surface area contributed by atoms with Crippen LogP contribution in [-0.4, -0.2) is 22.8 Å². The first-order valence-corrected chi connectivity index (χ1v) is 9.87. The molecule has 0 unspecified atom stereocenters. The highest BCUT2D eigenvalue weighted by molar-refractivity contribution is 6.10. The maximum Gasteiger partial charge on any atom is 0.258 e. The molecule has 0 atom stereocenters. The fourth-order valence-electron chi connectivity index (χ4n) is 2.81. The number of aromatic nitrogens is 1. The molecule has 0 bridgehead atoms. The minimum atomic E-state index is -0.337. The first-order chi connectivity index (χ1) is 14.9. The van der Waals surface area contributed by atoms with Crippen LogP contribution in [0.5, 0.6) is 0 Å². The van der Waals surface area contributed by atoms with E-state index in [0.29, 0.717) is 23.8 Å². The summed E-state index contributed by atoms with van der Waals surface area (Å²) in [5.41, 5.74) is 4.74. The summed E-state index contributed by atoms with van der Waals surface area (Å²) in [6, 6.07) is 16.7. The standard InChI is InChI=1S/C24H25N5O2/c1-16-6-10-21(11-7-16)28-24(26-15-19-5-4-12-25-14-19)29-23(31)20-9-8-17(2)22(13-20)27-18(3)30/h4-14H,15H2,1-3H3,(H,27,30)(H2,26,28,29,31). The average molecular weight is 415 g/mol. The number of hydrogen-bond donors (Lipinski definition) is 3. The van der Waals surface area contributed by atoms with Gasteiger partial charge in [0.2, 0.25) is 11.9 Å². The van der Waals surface area contributed by atoms with Crippen LogP contribution in [0.25, 0.3) is 0 Å². The van der Waals surface area contributed by atoms with Crippen molar-refractivity contribution in [3.63, 3.8) is 0 Å². The molecule has 0 aliphatic carbocycles. The maximum absolute atomic E-state index is 12.9. The molecule has 2 aromatic carbocycles. The minimum absolute atomic E-state index is 0.194. The summed E-state index contributed by atoms with van der Waals surface area (Å²) >= 11 is 0. The molecule has 3 N–H and O–H groups in total. The van der Waals surface area contributed by atoms with E-state index in [-0.39, 0.29) is 11.8 Å². The topological polar surface area (TPSA) is 95.5 Å². The summed E-state index contributed by atoms with van der Waals surface area (Å²) < 4.78 is 0. The van der Waals surface area contributed by atoms with Gasteiger partial charge in [0.1, 0.15) is 0 Å². The lowest BCUT2D eigenvalue weighted by Gasteiger charge is -2.13. The van der Waals surface area contributed by atoms with Crippen LogP contribution in [0.15, 0.2) is 72.0 Å². The minimum Gasteiger partial charge on any atom is -0.326 e. The third-order valence-electron chi connectivity index (χ3n) is 4.50. The molecule has 1 heterocycles. The lowest BCUT2D eigenvalue weighted by Crippen LogP contribution is -2.36. The van der Waals surface area contributed by atoms with Crippen molar-refractivity contribution in [2.75, 3.05) is 10.6 Å². The largest absolute Gasteiger partial charge is 0.326 e. The maximum atomic E-state index is 12.9. The molecule has 31 heavy (non-hydrogen) atoms. The van der Waals surface area contributed by atoms with Gasteiger partial charge in [-0.1, -0.05) is 29.8 Å². The van der Waals surface area contributed by atoms with E-state index in [0.717, 1.165) is 22.4 Å². The lowest BCUT2D eigenvalue weighted by atomic mass is 10.1. The molecule has 0 saturated carbocycles. The van der Waals surface area contributed by atoms with E-state index < -0.39 is 0 Å². The molecule has 158 valence electrons. The number of aliphatic imine (C=N–C) groups is 1. The first-order valence-electron chi connectivity index (χ1n) is 9.87. The van der Waals surface area contributed by atoms with Crippen LogP contribution in [-0.2, 0) is 11.3 Å². The van der Waals surface area contributed by atoms with E-state index in [1.807, 2.05) is 50.2 Å². The predicted molar refractivity (Wildman–Crippen MR) is 123 cm³/mol. The monoisotopic (exact) mass is 415 g/mol. The molecular weight excluding hydrogens is 390 g/mol. The molecule has 3 rings (SSSR count). The summed E-state index contributed by atoms with van der Waals surface area (Å²) in [4.78, 5) is 33.0. The van der Waals surface area contributed by atoms with Crippen molar-refractivity contribution in [1.82, 2.24) is 10.3 Å². The van der Waals surface area contributed by atoms with Crippen LogP contribution >= 0.6 is 0 Å². The molecular formula is C24H25N5O2. The van der Waals surface area contributed by atoms with Crippen molar-refractivity contribution < 1.29 is 9.59 Å². The van der Waals surface area contributed by atoms with Gasteiger partial charge in [0.05, 0.1) is 6.54 Å². The average Bonchev–Trinajstić information content (AvgIpc) is 2.75. The number of rotatable bonds is 5. The van der Waals surface area contributed by atoms with E-state index in [9.17, 15) is 9.59 Å². The van der Waals surface area contributed by atoms with Crippen LogP contribution < -0.4 is 16.0 Å². The van der Waals surface area contributed by atoms with Gasteiger partial charge >= 0.3 is 0 Å². The Morgan fingerprint density at radius 2 is 1.77 bits per heavy atom. The molecule has 0 spiro atoms. The molecule has 7 nitrogen and oxygen atoms in total. The number of amides is 2. The van der Waals surface area contributed by atoms with Crippen LogP contribution in [0.1, 0.15) is 34.0 Å². The number of guanidine groups is 1. The van der Waals surface area contributed by atoms with E-state index in [1.165, 1.54) is 6.92 Å². The van der Waals surface area contributed by atoms with Gasteiger partial charge in [-0.2, -0.15) is 0 Å². The van der Waals surface area contributed by atoms with Crippen LogP contribution in [0.3, 0.4) is 0 Å². The molecule has 0 aliphatic rings. The van der Waals surface area contributed by atoms with Gasteiger partial charge in [-0.05, 0) is 55.3 Å². The fourth-order valence-corrected chi connectivity index (χ4v) is 2.81. The second kappa shape index (κ2) is 10.2. The summed E-state index contributed by atoms with van der Waals surface area (Å²) in [5.74, 6) is -0.212. The molecule has 1 aromatic heterocycles. The second-order valence-corrected chi connectivity index (χ2v) is 7.18. The Balaban J connectivity index is 1.82. The Labute approximate surface area is 181 Å². The predicted octanol–water partition coefficient (Wildman–Crippen LogP) is 4.05. The summed E-state index contributed by atoms with van der Waals surface area (Å²) in [7, 11) is 0. The highest BCUT2D eigenvalue weighted by atomic mass is 16.2. The second-order valence-electron chi connectivity index (χ2n) is 7.18. The van der Waals surface area contributed by atoms with Gasteiger partial charge in [0, 0.05) is 36.3 Å². The number of nitrogens with one attached hydrogen (secondary N) is 3. The molecule has 7 heteroatoms. The smallest absolute Gasteiger partial charge is 0.258 e. The third-order valence-corrected chi connectivity index (χ3v) is 4.50. The van der Waals surface area contributed by atoms with E-state index in [1.54, 1.807) is 30.6 Å². The molecule has 2 amide bonds. The SMILES string of the molecule is CC(=O)Nc1cc(C(=O)NC(=NCc2cccnc2)Nc2ccc(C)cc2)ccc1C. The zero-order valence-corrected chi connectivity index (χ0v) is 17.8. The highest BCUT2D eigenvalue weighted by Crippen LogP contribution is 2.17. The number of carbonyl (C=O) groups is 2. The Kier molecular flexibility index (Phi) is 7.11. The lowest BCUT2D eigenvalue weighted by molar-refractivity contribution is -0.114. The first kappa shape index (κ1) is 21.7. The van der Waals surface area contributed by atoms with E-state index in [2.05, 4.69) is 25.9 Å². The van der Waals surface area contributed by atoms with Crippen LogP contribution in [0, 0.1) is 13.8 Å². The zero-order valence-electron chi connectivity index (χ0n) is 17.8. The Morgan fingerprint density at radius 3 is 2.45 bits per heavy atom. The van der Waals surface area contributed by atoms with Gasteiger partial charge < -0.3 is 10.6 Å². The number of carbonyl (C=O) groups excluding carboxylic acids is 2. The number of pyridine rings is 1. The van der Waals surface area contributed by atoms with Gasteiger partial charge in [-0.15, -0.1) is 0 Å². The number of benzene rings is 2. The van der Waals surface area contributed by atoms with Gasteiger partial charge in [0.15, 0.2) is 0 Å². The van der Waals surface area contributed by atoms with Crippen molar-refractivity contribution in [3.8, 4) is 0 Å². The van der Waals surface area contributed by atoms with E-state index >= 15 is 0 Å². The van der Waals surface area contributed by atoms with Crippen LogP contribution in [0.4, 0.5) is 11.4 Å². The number of nitrogens with zero attached hydrogens (tertiary/aromatic N) is 2. The highest BCUT2D eigenvalue weighted by Gasteiger charge is 2.12. The summed E-state index contributed by atoms with van der Waals surface area (Å²) in [5, 5.41) is 8.74. The molecule has 0 aliphatic heterocycles. The Morgan fingerprint density at radius 1 is 1.00 bits per heavy atom. The van der Waals surface area contributed by atoms with Gasteiger partial charge in [-0.3, -0.25) is 19.9 Å². The molecule has 0 fully saturated rings. The summed E-state index contributed by atoms with van der Waals surface area (Å²) in [6.07, 6.45) is 3.43. The Bertz CT molecular complexity index is 1090. The Hall–Kier alpha value is -4.00. The van der Waals surface area contributed by atoms with Crippen molar-refractivity contribution >= 4 is 29.1 Å². The van der Waals surface area contributed by atoms with E-state index in [4.69, 9.17) is 0 Å². The van der Waals surface area contributed by atoms with Crippen LogP contribution in [0.2, 0.25) is 0 Å². The van der Waals surface area contributed by atoms with Gasteiger partial charge in [0.25, 0.3) is 5.91 Å². The van der Waals surface area contributed by atoms with Crippen molar-refractivity contribution in [1.29, 1.82) is 0 Å². The van der Waals surface area contributed by atoms with Crippen molar-refractivity contribution in [3.05, 3.63) is 89.2 Å². The number of anilines is 2. The normalized spacial score (nSPS) is 11.0. The molecule has 0 radical (unpaired) electrons. The number of hydrogen-bond acceptors (Lipinski definition) is 4. The van der Waals surface area contributed by atoms with Crippen molar-refractivity contribution in [2.24, 2.45) is 4.99 Å². The third kappa shape index (κ3) is 6.50. The zero-order chi connectivity index (χ0) is 22.2. The van der Waals surface area contributed by atoms with Gasteiger partial charge in [-0.25, -0.2) is 4.99 Å². The fraction of sp³-hybridized carbons (Fsp3) is 0.167.